The maximum absolute atomic E-state index is 12.5. The van der Waals surface area contributed by atoms with Crippen LogP contribution in [-0.2, 0) is 4.79 Å². The van der Waals surface area contributed by atoms with Gasteiger partial charge in [0.05, 0.1) is 18.8 Å². The number of carbonyl (C=O) groups is 1. The van der Waals surface area contributed by atoms with Gasteiger partial charge in [-0.15, -0.1) is 0 Å². The number of carbonyl (C=O) groups excluding carboxylic acids is 1. The predicted octanol–water partition coefficient (Wildman–Crippen LogP) is 19.0. The molecule has 5 nitrogen and oxygen atoms in total. The molecule has 0 rings (SSSR count). The molecule has 0 saturated heterocycles. The lowest BCUT2D eigenvalue weighted by atomic mass is 10.0. The van der Waals surface area contributed by atoms with E-state index in [4.69, 9.17) is 0 Å². The molecular formula is C62H119NO4. The van der Waals surface area contributed by atoms with Crippen molar-refractivity contribution in [1.29, 1.82) is 0 Å². The van der Waals surface area contributed by atoms with Crippen LogP contribution in [0.2, 0.25) is 0 Å². The first kappa shape index (κ1) is 65.6. The number of aliphatic hydroxyl groups excluding tert-OH is 3. The Morgan fingerprint density at radius 3 is 0.940 bits per heavy atom. The van der Waals surface area contributed by atoms with Crippen LogP contribution in [0.3, 0.4) is 0 Å². The molecule has 67 heavy (non-hydrogen) atoms. The summed E-state index contributed by atoms with van der Waals surface area (Å²) in [7, 11) is 0. The van der Waals surface area contributed by atoms with Crippen molar-refractivity contribution in [2.24, 2.45) is 0 Å². The van der Waals surface area contributed by atoms with Crippen LogP contribution in [-0.4, -0.2) is 46.1 Å². The maximum atomic E-state index is 12.5. The van der Waals surface area contributed by atoms with Crippen molar-refractivity contribution >= 4 is 5.91 Å². The largest absolute Gasteiger partial charge is 0.394 e. The topological polar surface area (TPSA) is 89.8 Å². The van der Waals surface area contributed by atoms with Gasteiger partial charge >= 0.3 is 0 Å². The van der Waals surface area contributed by atoms with Crippen LogP contribution in [0.25, 0.3) is 0 Å². The summed E-state index contributed by atoms with van der Waals surface area (Å²) in [5.41, 5.74) is 0. The summed E-state index contributed by atoms with van der Waals surface area (Å²) in [4.78, 5) is 12.5. The van der Waals surface area contributed by atoms with Gasteiger partial charge in [-0.3, -0.25) is 4.79 Å². The van der Waals surface area contributed by atoms with E-state index in [0.29, 0.717) is 6.42 Å². The third-order valence-corrected chi connectivity index (χ3v) is 14.2. The van der Waals surface area contributed by atoms with Crippen molar-refractivity contribution in [3.8, 4) is 0 Å². The van der Waals surface area contributed by atoms with Gasteiger partial charge < -0.3 is 20.6 Å². The van der Waals surface area contributed by atoms with Crippen LogP contribution in [0, 0.1) is 0 Å². The normalized spacial score (nSPS) is 13.4. The molecule has 0 spiro atoms. The molecule has 0 bridgehead atoms. The highest BCUT2D eigenvalue weighted by atomic mass is 16.3. The highest BCUT2D eigenvalue weighted by Gasteiger charge is 2.22. The SMILES string of the molecule is CCCCCCCCCCCCCCC/C=C/C(O)C(CO)NC(=O)C(O)CCCCCCCCCCCCCCCCCC/C=C\C/C=C\CCCCCCCCCCCCCCCCC. The molecule has 0 heterocycles. The fraction of sp³-hybridized carbons (Fsp3) is 0.887. The Bertz CT molecular complexity index is 1040. The lowest BCUT2D eigenvalue weighted by Gasteiger charge is -2.21. The molecule has 0 fully saturated rings. The number of aliphatic hydroxyl groups is 3. The number of nitrogens with one attached hydrogen (secondary N) is 1. The van der Waals surface area contributed by atoms with Gasteiger partial charge in [-0.2, -0.15) is 0 Å². The van der Waals surface area contributed by atoms with E-state index in [0.717, 1.165) is 38.5 Å². The van der Waals surface area contributed by atoms with Crippen molar-refractivity contribution in [2.45, 2.75) is 347 Å². The van der Waals surface area contributed by atoms with E-state index in [-0.39, 0.29) is 6.61 Å². The molecular weight excluding hydrogens is 823 g/mol. The van der Waals surface area contributed by atoms with Crippen molar-refractivity contribution in [3.63, 3.8) is 0 Å². The summed E-state index contributed by atoms with van der Waals surface area (Å²) in [6.07, 6.45) is 75.4. The number of unbranched alkanes of at least 4 members (excludes halogenated alkanes) is 44. The molecule has 0 aromatic heterocycles. The van der Waals surface area contributed by atoms with Gasteiger partial charge in [-0.25, -0.2) is 0 Å². The third kappa shape index (κ3) is 52.2. The van der Waals surface area contributed by atoms with E-state index < -0.39 is 24.2 Å². The Labute approximate surface area is 419 Å². The number of allylic oxidation sites excluding steroid dienone is 5. The summed E-state index contributed by atoms with van der Waals surface area (Å²) in [6.45, 7) is 4.21. The average Bonchev–Trinajstić information content (AvgIpc) is 3.33. The third-order valence-electron chi connectivity index (χ3n) is 14.2. The van der Waals surface area contributed by atoms with Gasteiger partial charge in [-0.1, -0.05) is 314 Å². The average molecular weight is 943 g/mol. The van der Waals surface area contributed by atoms with E-state index >= 15 is 0 Å². The van der Waals surface area contributed by atoms with Crippen molar-refractivity contribution in [2.75, 3.05) is 6.61 Å². The minimum absolute atomic E-state index is 0.362. The molecule has 396 valence electrons. The molecule has 0 saturated carbocycles. The van der Waals surface area contributed by atoms with E-state index in [1.165, 1.54) is 270 Å². The molecule has 0 aromatic rings. The first-order chi connectivity index (χ1) is 33.1. The molecule has 4 N–H and O–H groups in total. The zero-order valence-electron chi connectivity index (χ0n) is 45.3. The number of hydrogen-bond donors (Lipinski definition) is 4. The van der Waals surface area contributed by atoms with Crippen LogP contribution in [0.15, 0.2) is 36.5 Å². The van der Waals surface area contributed by atoms with Crippen molar-refractivity contribution < 1.29 is 20.1 Å². The van der Waals surface area contributed by atoms with E-state index in [1.807, 2.05) is 6.08 Å². The molecule has 0 aliphatic heterocycles. The fourth-order valence-electron chi connectivity index (χ4n) is 9.51. The fourth-order valence-corrected chi connectivity index (χ4v) is 9.51. The molecule has 3 unspecified atom stereocenters. The quantitative estimate of drug-likeness (QED) is 0.0361. The van der Waals surface area contributed by atoms with Gasteiger partial charge in [0.25, 0.3) is 0 Å². The summed E-state index contributed by atoms with van der Waals surface area (Å²) >= 11 is 0. The van der Waals surface area contributed by atoms with Crippen LogP contribution in [0.4, 0.5) is 0 Å². The zero-order valence-corrected chi connectivity index (χ0v) is 45.3. The standard InChI is InChI=1S/C62H119NO4/c1-3-5-7-9-11-13-15-17-19-20-21-22-23-24-25-26-27-28-29-30-31-32-33-34-35-36-37-38-39-40-41-43-45-47-49-51-53-55-57-61(66)62(67)63-59(58-64)60(65)56-54-52-50-48-46-44-42-18-16-14-12-10-8-6-4-2/h27-28,30-31,54,56,59-61,64-66H,3-26,29,32-53,55,57-58H2,1-2H3,(H,63,67)/b28-27-,31-30-,56-54+. The second-order valence-electron chi connectivity index (χ2n) is 20.9. The summed E-state index contributed by atoms with van der Waals surface area (Å²) in [5.74, 6) is -0.500. The van der Waals surface area contributed by atoms with Crippen molar-refractivity contribution in [1.82, 2.24) is 5.32 Å². The van der Waals surface area contributed by atoms with Crippen LogP contribution < -0.4 is 5.32 Å². The summed E-state index contributed by atoms with van der Waals surface area (Å²) in [6, 6.07) is -0.797. The number of hydrogen-bond acceptors (Lipinski definition) is 4. The summed E-state index contributed by atoms with van der Waals surface area (Å²) in [5, 5.41) is 33.3. The second kappa shape index (κ2) is 57.2. The highest BCUT2D eigenvalue weighted by Crippen LogP contribution is 2.18. The van der Waals surface area contributed by atoms with E-state index in [1.54, 1.807) is 6.08 Å². The molecule has 1 amide bonds. The van der Waals surface area contributed by atoms with Gasteiger partial charge in [0.1, 0.15) is 6.10 Å². The lowest BCUT2D eigenvalue weighted by Crippen LogP contribution is -2.48. The molecule has 3 atom stereocenters. The molecule has 0 radical (unpaired) electrons. The Morgan fingerprint density at radius 2 is 0.642 bits per heavy atom. The Kier molecular flexibility index (Phi) is 55.9. The van der Waals surface area contributed by atoms with E-state index in [2.05, 4.69) is 43.5 Å². The van der Waals surface area contributed by atoms with E-state index in [9.17, 15) is 20.1 Å². The summed E-state index contributed by atoms with van der Waals surface area (Å²) < 4.78 is 0. The minimum atomic E-state index is -1.10. The molecule has 5 heteroatoms. The van der Waals surface area contributed by atoms with Crippen LogP contribution >= 0.6 is 0 Å². The Hall–Kier alpha value is -1.43. The zero-order chi connectivity index (χ0) is 48.6. The molecule has 0 aromatic carbocycles. The minimum Gasteiger partial charge on any atom is -0.394 e. The smallest absolute Gasteiger partial charge is 0.249 e. The van der Waals surface area contributed by atoms with Crippen molar-refractivity contribution in [3.05, 3.63) is 36.5 Å². The molecule has 0 aliphatic rings. The first-order valence-corrected chi connectivity index (χ1v) is 30.3. The van der Waals surface area contributed by atoms with Gasteiger partial charge in [0.15, 0.2) is 0 Å². The highest BCUT2D eigenvalue weighted by molar-refractivity contribution is 5.80. The monoisotopic (exact) mass is 942 g/mol. The van der Waals surface area contributed by atoms with Gasteiger partial charge in [-0.05, 0) is 51.4 Å². The maximum Gasteiger partial charge on any atom is 0.249 e. The Morgan fingerprint density at radius 1 is 0.373 bits per heavy atom. The van der Waals surface area contributed by atoms with Gasteiger partial charge in [0, 0.05) is 0 Å². The van der Waals surface area contributed by atoms with Gasteiger partial charge in [0.2, 0.25) is 5.91 Å². The Balaban J connectivity index is 3.48. The van der Waals surface area contributed by atoms with Crippen LogP contribution in [0.1, 0.15) is 328 Å². The second-order valence-corrected chi connectivity index (χ2v) is 20.9. The first-order valence-electron chi connectivity index (χ1n) is 30.3. The lowest BCUT2D eigenvalue weighted by molar-refractivity contribution is -0.131. The van der Waals surface area contributed by atoms with Crippen LogP contribution in [0.5, 0.6) is 0 Å². The number of rotatable bonds is 56. The molecule has 0 aliphatic carbocycles. The number of amides is 1. The predicted molar refractivity (Wildman–Crippen MR) is 296 cm³/mol.